The van der Waals surface area contributed by atoms with E-state index in [1.165, 1.54) is 16.6 Å². The molecule has 0 aliphatic carbocycles. The SMILES string of the molecule is CCCN1CCN(S(=O)(=O)c2c[nH]c(=O)c(Cl)c2)CC1. The van der Waals surface area contributed by atoms with Gasteiger partial charge in [-0.05, 0) is 19.0 Å². The number of nitrogens with zero attached hydrogens (tertiary/aromatic N) is 2. The Morgan fingerprint density at radius 2 is 1.95 bits per heavy atom. The number of rotatable bonds is 4. The lowest BCUT2D eigenvalue weighted by Gasteiger charge is -2.33. The van der Waals surface area contributed by atoms with Gasteiger partial charge in [-0.2, -0.15) is 4.31 Å². The number of piperazine rings is 1. The van der Waals surface area contributed by atoms with E-state index in [0.29, 0.717) is 13.1 Å². The third-order valence-corrected chi connectivity index (χ3v) is 5.50. The molecular formula is C12H18ClN3O3S. The molecule has 0 aromatic carbocycles. The summed E-state index contributed by atoms with van der Waals surface area (Å²) in [6.45, 7) is 5.45. The number of aromatic nitrogens is 1. The number of halogens is 1. The normalized spacial score (nSPS) is 18.3. The largest absolute Gasteiger partial charge is 0.326 e. The summed E-state index contributed by atoms with van der Waals surface area (Å²) < 4.78 is 26.3. The molecular weight excluding hydrogens is 302 g/mol. The number of aromatic amines is 1. The van der Waals surface area contributed by atoms with Crippen molar-refractivity contribution in [3.63, 3.8) is 0 Å². The Bertz CT molecular complexity index is 621. The molecule has 0 bridgehead atoms. The summed E-state index contributed by atoms with van der Waals surface area (Å²) in [6.07, 6.45) is 2.25. The van der Waals surface area contributed by atoms with Gasteiger partial charge in [0.2, 0.25) is 10.0 Å². The third-order valence-electron chi connectivity index (χ3n) is 3.34. The van der Waals surface area contributed by atoms with Crippen molar-refractivity contribution in [1.82, 2.24) is 14.2 Å². The number of H-pyrrole nitrogens is 1. The van der Waals surface area contributed by atoms with E-state index in [1.807, 2.05) is 0 Å². The minimum atomic E-state index is -3.59. The first-order valence-electron chi connectivity index (χ1n) is 6.56. The topological polar surface area (TPSA) is 73.5 Å². The van der Waals surface area contributed by atoms with Crippen LogP contribution in [0.5, 0.6) is 0 Å². The van der Waals surface area contributed by atoms with Gasteiger partial charge in [-0.3, -0.25) is 4.79 Å². The highest BCUT2D eigenvalue weighted by Crippen LogP contribution is 2.18. The number of nitrogens with one attached hydrogen (secondary N) is 1. The fraction of sp³-hybridized carbons (Fsp3) is 0.583. The van der Waals surface area contributed by atoms with E-state index in [2.05, 4.69) is 16.8 Å². The van der Waals surface area contributed by atoms with Crippen LogP contribution >= 0.6 is 11.6 Å². The summed E-state index contributed by atoms with van der Waals surface area (Å²) in [4.78, 5) is 15.8. The molecule has 0 amide bonds. The Hall–Kier alpha value is -0.890. The molecule has 0 saturated carbocycles. The van der Waals surface area contributed by atoms with Gasteiger partial charge in [0.05, 0.1) is 4.90 Å². The van der Waals surface area contributed by atoms with Gasteiger partial charge in [0.25, 0.3) is 5.56 Å². The highest BCUT2D eigenvalue weighted by Gasteiger charge is 2.28. The number of sulfonamides is 1. The summed E-state index contributed by atoms with van der Waals surface area (Å²) in [5.41, 5.74) is -0.488. The highest BCUT2D eigenvalue weighted by atomic mass is 35.5. The Balaban J connectivity index is 2.15. The second-order valence-corrected chi connectivity index (χ2v) is 7.10. The van der Waals surface area contributed by atoms with E-state index in [9.17, 15) is 13.2 Å². The second kappa shape index (κ2) is 6.26. The lowest BCUT2D eigenvalue weighted by Crippen LogP contribution is -2.48. The van der Waals surface area contributed by atoms with Gasteiger partial charge in [-0.15, -0.1) is 0 Å². The zero-order valence-electron chi connectivity index (χ0n) is 11.3. The van der Waals surface area contributed by atoms with Crippen LogP contribution in [0.25, 0.3) is 0 Å². The fourth-order valence-electron chi connectivity index (χ4n) is 2.25. The first-order chi connectivity index (χ1) is 9.45. The molecule has 0 radical (unpaired) electrons. The monoisotopic (exact) mass is 319 g/mol. The first kappa shape index (κ1) is 15.5. The van der Waals surface area contributed by atoms with Gasteiger partial charge in [-0.1, -0.05) is 18.5 Å². The maximum atomic E-state index is 12.4. The molecule has 2 rings (SSSR count). The van der Waals surface area contributed by atoms with Crippen molar-refractivity contribution in [3.8, 4) is 0 Å². The van der Waals surface area contributed by atoms with Gasteiger partial charge in [-0.25, -0.2) is 8.42 Å². The van der Waals surface area contributed by atoms with E-state index >= 15 is 0 Å². The van der Waals surface area contributed by atoms with Gasteiger partial charge >= 0.3 is 0 Å². The first-order valence-corrected chi connectivity index (χ1v) is 8.37. The van der Waals surface area contributed by atoms with Crippen molar-refractivity contribution in [1.29, 1.82) is 0 Å². The van der Waals surface area contributed by atoms with E-state index in [1.54, 1.807) is 0 Å². The lowest BCUT2D eigenvalue weighted by atomic mass is 10.3. The summed E-state index contributed by atoms with van der Waals surface area (Å²) in [6, 6.07) is 1.20. The smallest absolute Gasteiger partial charge is 0.266 e. The van der Waals surface area contributed by atoms with Crippen LogP contribution in [0.4, 0.5) is 0 Å². The van der Waals surface area contributed by atoms with Crippen LogP contribution in [-0.2, 0) is 10.0 Å². The Morgan fingerprint density at radius 3 is 2.50 bits per heavy atom. The molecule has 1 fully saturated rings. The molecule has 1 N–H and O–H groups in total. The Morgan fingerprint density at radius 1 is 1.30 bits per heavy atom. The second-order valence-electron chi connectivity index (χ2n) is 4.76. The molecule has 2 heterocycles. The zero-order valence-corrected chi connectivity index (χ0v) is 12.9. The van der Waals surface area contributed by atoms with Crippen LogP contribution < -0.4 is 5.56 Å². The maximum absolute atomic E-state index is 12.4. The average Bonchev–Trinajstić information content (AvgIpc) is 2.43. The molecule has 0 spiro atoms. The molecule has 8 heteroatoms. The van der Waals surface area contributed by atoms with E-state index in [-0.39, 0.29) is 9.92 Å². The third kappa shape index (κ3) is 3.22. The van der Waals surface area contributed by atoms with Crippen LogP contribution in [0.15, 0.2) is 22.0 Å². The van der Waals surface area contributed by atoms with Gasteiger partial charge in [0.15, 0.2) is 0 Å². The predicted molar refractivity (Wildman–Crippen MR) is 77.6 cm³/mol. The molecule has 1 aliphatic rings. The van der Waals surface area contributed by atoms with Crippen molar-refractivity contribution in [2.24, 2.45) is 0 Å². The molecule has 1 saturated heterocycles. The van der Waals surface area contributed by atoms with Crippen LogP contribution in [0.1, 0.15) is 13.3 Å². The summed E-state index contributed by atoms with van der Waals surface area (Å²) >= 11 is 5.69. The Labute approximate surface area is 123 Å². The Kier molecular flexibility index (Phi) is 4.85. The van der Waals surface area contributed by atoms with Gasteiger partial charge < -0.3 is 9.88 Å². The molecule has 1 aromatic rings. The molecule has 0 unspecified atom stereocenters. The molecule has 1 aromatic heterocycles. The van der Waals surface area contributed by atoms with Crippen LogP contribution in [0.2, 0.25) is 5.02 Å². The molecule has 20 heavy (non-hydrogen) atoms. The molecule has 1 aliphatic heterocycles. The standard InChI is InChI=1S/C12H18ClN3O3S/c1-2-3-15-4-6-16(7-5-15)20(18,19)10-8-11(13)12(17)14-9-10/h8-9H,2-7H2,1H3,(H,14,17). The van der Waals surface area contributed by atoms with Crippen LogP contribution in [0, 0.1) is 0 Å². The minimum absolute atomic E-state index is 0.0334. The summed E-state index contributed by atoms with van der Waals surface area (Å²) in [7, 11) is -3.59. The van der Waals surface area contributed by atoms with Crippen molar-refractivity contribution in [3.05, 3.63) is 27.6 Å². The van der Waals surface area contributed by atoms with E-state index in [4.69, 9.17) is 11.6 Å². The number of pyridine rings is 1. The van der Waals surface area contributed by atoms with Crippen molar-refractivity contribution in [2.75, 3.05) is 32.7 Å². The predicted octanol–water partition coefficient (Wildman–Crippen LogP) is 0.745. The minimum Gasteiger partial charge on any atom is -0.326 e. The van der Waals surface area contributed by atoms with E-state index in [0.717, 1.165) is 26.1 Å². The molecule has 6 nitrogen and oxygen atoms in total. The molecule has 0 atom stereocenters. The highest BCUT2D eigenvalue weighted by molar-refractivity contribution is 7.89. The van der Waals surface area contributed by atoms with E-state index < -0.39 is 15.6 Å². The quantitative estimate of drug-likeness (QED) is 0.888. The van der Waals surface area contributed by atoms with Crippen molar-refractivity contribution < 1.29 is 8.42 Å². The zero-order chi connectivity index (χ0) is 14.8. The van der Waals surface area contributed by atoms with Crippen LogP contribution in [0.3, 0.4) is 0 Å². The summed E-state index contributed by atoms with van der Waals surface area (Å²) in [5, 5.41) is -0.115. The van der Waals surface area contributed by atoms with Crippen LogP contribution in [-0.4, -0.2) is 55.3 Å². The average molecular weight is 320 g/mol. The van der Waals surface area contributed by atoms with Gasteiger partial charge in [0, 0.05) is 32.4 Å². The van der Waals surface area contributed by atoms with Gasteiger partial charge in [0.1, 0.15) is 5.02 Å². The lowest BCUT2D eigenvalue weighted by molar-refractivity contribution is 0.188. The fourth-order valence-corrected chi connectivity index (χ4v) is 3.90. The van der Waals surface area contributed by atoms with Crippen molar-refractivity contribution >= 4 is 21.6 Å². The number of hydrogen-bond donors (Lipinski definition) is 1. The molecule has 112 valence electrons. The van der Waals surface area contributed by atoms with Crippen molar-refractivity contribution in [2.45, 2.75) is 18.2 Å². The maximum Gasteiger partial charge on any atom is 0.266 e. The number of hydrogen-bond acceptors (Lipinski definition) is 4. The summed E-state index contributed by atoms with van der Waals surface area (Å²) in [5.74, 6) is 0.